The molecule has 216 valence electrons. The van der Waals surface area contributed by atoms with Crippen LogP contribution in [0.2, 0.25) is 0 Å². The van der Waals surface area contributed by atoms with Gasteiger partial charge in [-0.25, -0.2) is 9.59 Å². The molecule has 1 atom stereocenters. The minimum Gasteiger partial charge on any atom is -0.480 e. The minimum atomic E-state index is -1.02. The highest BCUT2D eigenvalue weighted by Gasteiger charge is 2.50. The number of carbonyl (C=O) groups excluding carboxylic acids is 1. The second-order valence-electron chi connectivity index (χ2n) is 11.1. The van der Waals surface area contributed by atoms with Crippen LogP contribution in [0.1, 0.15) is 30.4 Å². The number of anilines is 3. The zero-order valence-electron chi connectivity index (χ0n) is 23.1. The van der Waals surface area contributed by atoms with Crippen LogP contribution >= 0.6 is 0 Å². The van der Waals surface area contributed by atoms with E-state index < -0.39 is 18.1 Å². The summed E-state index contributed by atoms with van der Waals surface area (Å²) in [5.74, 6) is -0.0193. The molecule has 2 aliphatic rings. The van der Waals surface area contributed by atoms with Gasteiger partial charge in [-0.15, -0.1) is 0 Å². The first-order valence-corrected chi connectivity index (χ1v) is 14.1. The van der Waals surface area contributed by atoms with E-state index in [9.17, 15) is 14.7 Å². The average molecular weight is 568 g/mol. The molecule has 11 heteroatoms. The van der Waals surface area contributed by atoms with Crippen molar-refractivity contribution in [2.45, 2.75) is 38.5 Å². The zero-order valence-corrected chi connectivity index (χ0v) is 23.1. The number of rotatable bonds is 7. The van der Waals surface area contributed by atoms with Crippen LogP contribution in [-0.2, 0) is 22.7 Å². The summed E-state index contributed by atoms with van der Waals surface area (Å²) in [5, 5.41) is 15.5. The number of aliphatic carboxylic acids is 1. The third-order valence-electron chi connectivity index (χ3n) is 8.25. The molecule has 2 aliphatic heterocycles. The van der Waals surface area contributed by atoms with E-state index in [1.54, 1.807) is 0 Å². The lowest BCUT2D eigenvalue weighted by Gasteiger charge is -2.39. The number of hydrogen-bond acceptors (Lipinski definition) is 9. The smallest absolute Gasteiger partial charge is 0.410 e. The van der Waals surface area contributed by atoms with E-state index in [-0.39, 0.29) is 18.0 Å². The predicted molar refractivity (Wildman–Crippen MR) is 159 cm³/mol. The molecule has 11 nitrogen and oxygen atoms in total. The summed E-state index contributed by atoms with van der Waals surface area (Å²) in [6.07, 6.45) is 1.15. The van der Waals surface area contributed by atoms with E-state index in [4.69, 9.17) is 10.5 Å². The molecule has 4 N–H and O–H groups in total. The Hall–Kier alpha value is -4.93. The van der Waals surface area contributed by atoms with E-state index in [1.165, 1.54) is 10.3 Å². The highest BCUT2D eigenvalue weighted by Crippen LogP contribution is 2.44. The van der Waals surface area contributed by atoms with E-state index in [2.05, 4.69) is 50.6 Å². The molecule has 1 spiro atoms. The summed E-state index contributed by atoms with van der Waals surface area (Å²) in [7, 11) is 0. The van der Waals surface area contributed by atoms with Gasteiger partial charge in [0, 0.05) is 26.2 Å². The number of hydrogen-bond donors (Lipinski definition) is 3. The quantitative estimate of drug-likeness (QED) is 0.295. The van der Waals surface area contributed by atoms with Crippen molar-refractivity contribution in [1.82, 2.24) is 19.9 Å². The molecule has 2 saturated heterocycles. The maximum atomic E-state index is 12.9. The largest absolute Gasteiger partial charge is 0.480 e. The van der Waals surface area contributed by atoms with Crippen molar-refractivity contribution in [3.8, 4) is 0 Å². The van der Waals surface area contributed by atoms with E-state index in [1.807, 2.05) is 47.4 Å². The van der Waals surface area contributed by atoms with Crippen LogP contribution in [0.5, 0.6) is 0 Å². The number of nitrogen functional groups attached to an aromatic ring is 1. The molecule has 0 aliphatic carbocycles. The number of likely N-dealkylation sites (tertiary alicyclic amines) is 1. The standard InChI is InChI=1S/C31H33N7O4/c32-27-34-28(33-18-22-10-11-23-8-4-5-9-24(23)16-22)36-29(35-27)37-14-12-31(13-15-37)17-25(26(39)40)38(20-31)30(41)42-19-21-6-2-1-3-7-21/h1-11,16,25H,12-15,17-20H2,(H,39,40)(H3,32,33,34,35,36). The Bertz CT molecular complexity index is 1590. The number of amides is 1. The molecule has 1 aromatic heterocycles. The molecule has 3 heterocycles. The van der Waals surface area contributed by atoms with Gasteiger partial charge in [-0.05, 0) is 52.6 Å². The van der Waals surface area contributed by atoms with Gasteiger partial charge in [-0.2, -0.15) is 15.0 Å². The molecule has 0 saturated carbocycles. The van der Waals surface area contributed by atoms with Crippen LogP contribution in [0.25, 0.3) is 10.8 Å². The zero-order chi connectivity index (χ0) is 29.1. The molecule has 4 aromatic rings. The second kappa shape index (κ2) is 11.5. The highest BCUT2D eigenvalue weighted by molar-refractivity contribution is 5.83. The predicted octanol–water partition coefficient (Wildman–Crippen LogP) is 4.30. The Labute approximate surface area is 243 Å². The SMILES string of the molecule is Nc1nc(NCc2ccc3ccccc3c2)nc(N2CCC3(CC2)CC(C(=O)O)N(C(=O)OCc2ccccc2)C3)n1. The number of piperidine rings is 1. The van der Waals surface area contributed by atoms with Crippen LogP contribution < -0.4 is 16.0 Å². The minimum absolute atomic E-state index is 0.0985. The van der Waals surface area contributed by atoms with Crippen LogP contribution in [0.15, 0.2) is 72.8 Å². The van der Waals surface area contributed by atoms with Crippen LogP contribution in [-0.4, -0.2) is 62.7 Å². The first-order valence-electron chi connectivity index (χ1n) is 14.1. The number of aromatic nitrogens is 3. The van der Waals surface area contributed by atoms with E-state index in [0.717, 1.165) is 16.5 Å². The Balaban J connectivity index is 1.08. The lowest BCUT2D eigenvalue weighted by molar-refractivity contribution is -0.141. The van der Waals surface area contributed by atoms with Crippen molar-refractivity contribution in [2.75, 3.05) is 35.6 Å². The lowest BCUT2D eigenvalue weighted by atomic mass is 9.76. The second-order valence-corrected chi connectivity index (χ2v) is 11.1. The topological polar surface area (TPSA) is 147 Å². The van der Waals surface area contributed by atoms with Crippen molar-refractivity contribution < 1.29 is 19.4 Å². The van der Waals surface area contributed by atoms with Crippen molar-refractivity contribution in [1.29, 1.82) is 0 Å². The number of carboxylic acids is 1. The van der Waals surface area contributed by atoms with Crippen molar-refractivity contribution in [3.05, 3.63) is 83.9 Å². The van der Waals surface area contributed by atoms with E-state index in [0.29, 0.717) is 57.3 Å². The summed E-state index contributed by atoms with van der Waals surface area (Å²) in [6, 6.07) is 22.9. The van der Waals surface area contributed by atoms with Crippen molar-refractivity contribution in [3.63, 3.8) is 0 Å². The van der Waals surface area contributed by atoms with Crippen LogP contribution in [0.4, 0.5) is 22.6 Å². The van der Waals surface area contributed by atoms with Gasteiger partial charge in [0.25, 0.3) is 0 Å². The van der Waals surface area contributed by atoms with Gasteiger partial charge >= 0.3 is 12.1 Å². The number of carbonyl (C=O) groups is 2. The van der Waals surface area contributed by atoms with Gasteiger partial charge in [0.2, 0.25) is 17.8 Å². The van der Waals surface area contributed by atoms with Crippen LogP contribution in [0.3, 0.4) is 0 Å². The Morgan fingerprint density at radius 1 is 0.952 bits per heavy atom. The fourth-order valence-electron chi connectivity index (χ4n) is 5.95. The molecule has 0 radical (unpaired) electrons. The summed E-state index contributed by atoms with van der Waals surface area (Å²) in [5.41, 5.74) is 7.67. The number of carboxylic acid groups (broad SMARTS) is 1. The Kier molecular flexibility index (Phi) is 7.47. The fraction of sp³-hybridized carbons (Fsp3) is 0.323. The van der Waals surface area contributed by atoms with E-state index >= 15 is 0 Å². The number of nitrogens with one attached hydrogen (secondary N) is 1. The fourth-order valence-corrected chi connectivity index (χ4v) is 5.95. The first-order chi connectivity index (χ1) is 20.4. The molecule has 42 heavy (non-hydrogen) atoms. The maximum absolute atomic E-state index is 12.9. The van der Waals surface area contributed by atoms with Gasteiger partial charge in [-0.1, -0.05) is 66.7 Å². The summed E-state index contributed by atoms with van der Waals surface area (Å²) in [4.78, 5) is 41.7. The van der Waals surface area contributed by atoms with Crippen molar-refractivity contribution >= 4 is 40.7 Å². The monoisotopic (exact) mass is 567 g/mol. The number of ether oxygens (including phenoxy) is 1. The molecule has 6 rings (SSSR count). The molecule has 3 aromatic carbocycles. The highest BCUT2D eigenvalue weighted by atomic mass is 16.6. The van der Waals surface area contributed by atoms with Gasteiger partial charge in [0.1, 0.15) is 12.6 Å². The van der Waals surface area contributed by atoms with Crippen LogP contribution in [0, 0.1) is 5.41 Å². The first kappa shape index (κ1) is 27.3. The Morgan fingerprint density at radius 2 is 1.69 bits per heavy atom. The van der Waals surface area contributed by atoms with Gasteiger partial charge in [0.05, 0.1) is 0 Å². The number of nitrogens with zero attached hydrogens (tertiary/aromatic N) is 5. The average Bonchev–Trinajstić information content (AvgIpc) is 3.39. The summed E-state index contributed by atoms with van der Waals surface area (Å²) >= 11 is 0. The van der Waals surface area contributed by atoms with Crippen molar-refractivity contribution in [2.24, 2.45) is 5.41 Å². The lowest BCUT2D eigenvalue weighted by Crippen LogP contribution is -2.43. The number of benzene rings is 3. The third kappa shape index (κ3) is 5.90. The summed E-state index contributed by atoms with van der Waals surface area (Å²) in [6.45, 7) is 2.17. The van der Waals surface area contributed by atoms with Gasteiger partial charge in [0.15, 0.2) is 0 Å². The Morgan fingerprint density at radius 3 is 2.45 bits per heavy atom. The van der Waals surface area contributed by atoms with Gasteiger partial charge < -0.3 is 25.8 Å². The van der Waals surface area contributed by atoms with Gasteiger partial charge in [-0.3, -0.25) is 4.90 Å². The molecular formula is C31H33N7O4. The molecule has 0 bridgehead atoms. The number of nitrogens with two attached hydrogens (primary N) is 1. The molecule has 1 amide bonds. The third-order valence-corrected chi connectivity index (χ3v) is 8.25. The summed E-state index contributed by atoms with van der Waals surface area (Å²) < 4.78 is 5.48. The number of fused-ring (bicyclic) bond motifs is 1. The maximum Gasteiger partial charge on any atom is 0.410 e. The molecule has 1 unspecified atom stereocenters. The molecule has 2 fully saturated rings. The molecular weight excluding hydrogens is 534 g/mol. The normalized spacial score (nSPS) is 17.9.